The van der Waals surface area contributed by atoms with E-state index in [0.29, 0.717) is 5.25 Å². The second-order valence-electron chi connectivity index (χ2n) is 5.24. The van der Waals surface area contributed by atoms with Crippen molar-refractivity contribution in [3.8, 4) is 5.75 Å². The van der Waals surface area contributed by atoms with Crippen LogP contribution in [-0.2, 0) is 6.42 Å². The van der Waals surface area contributed by atoms with E-state index in [2.05, 4.69) is 52.3 Å². The first kappa shape index (κ1) is 14.9. The lowest BCUT2D eigenvalue weighted by atomic mass is 9.87. The second-order valence-corrected chi connectivity index (χ2v) is 7.47. The molecule has 2 unspecified atom stereocenters. The van der Waals surface area contributed by atoms with E-state index >= 15 is 0 Å². The molecule has 1 aliphatic rings. The number of thioether (sulfide) groups is 1. The van der Waals surface area contributed by atoms with Crippen LogP contribution in [0, 0.1) is 0 Å². The summed E-state index contributed by atoms with van der Waals surface area (Å²) in [4.78, 5) is 1.27. The van der Waals surface area contributed by atoms with Gasteiger partial charge in [0.2, 0.25) is 0 Å². The smallest absolute Gasteiger partial charge is 0.119 e. The quantitative estimate of drug-likeness (QED) is 0.867. The zero-order chi connectivity index (χ0) is 14.8. The Morgan fingerprint density at radius 3 is 2.67 bits per heavy atom. The highest BCUT2D eigenvalue weighted by Crippen LogP contribution is 2.40. The van der Waals surface area contributed by atoms with Crippen molar-refractivity contribution < 1.29 is 4.74 Å². The summed E-state index contributed by atoms with van der Waals surface area (Å²) in [6.07, 6.45) is 2.20. The third kappa shape index (κ3) is 3.28. The van der Waals surface area contributed by atoms with Gasteiger partial charge in [0.25, 0.3) is 0 Å². The van der Waals surface area contributed by atoms with Crippen molar-refractivity contribution in [1.29, 1.82) is 0 Å². The molecule has 0 spiro atoms. The molecule has 0 radical (unpaired) electrons. The van der Waals surface area contributed by atoms with Gasteiger partial charge in [-0.15, -0.1) is 11.8 Å². The lowest BCUT2D eigenvalue weighted by Gasteiger charge is -2.31. The van der Waals surface area contributed by atoms with Crippen molar-refractivity contribution in [2.45, 2.75) is 29.0 Å². The summed E-state index contributed by atoms with van der Waals surface area (Å²) in [6, 6.07) is 14.8. The summed E-state index contributed by atoms with van der Waals surface area (Å²) in [6.45, 7) is 0. The van der Waals surface area contributed by atoms with Crippen LogP contribution in [-0.4, -0.2) is 12.4 Å². The molecule has 0 saturated carbocycles. The van der Waals surface area contributed by atoms with Crippen LogP contribution in [0.3, 0.4) is 0 Å². The fourth-order valence-electron chi connectivity index (χ4n) is 2.74. The number of hydrogen-bond acceptors (Lipinski definition) is 3. The van der Waals surface area contributed by atoms with Crippen LogP contribution < -0.4 is 10.5 Å². The molecule has 2 N–H and O–H groups in total. The summed E-state index contributed by atoms with van der Waals surface area (Å²) in [5.41, 5.74) is 9.10. The standard InChI is InChI=1S/C17H18BrNOS/c1-20-13-6-2-11-3-9-16(17(19)15(11)10-13)21-14-7-4-12(18)5-8-14/h2,4-8,10,16-17H,3,9,19H2,1H3. The third-order valence-corrected chi connectivity index (χ3v) is 5.82. The Balaban J connectivity index is 1.81. The van der Waals surface area contributed by atoms with Crippen molar-refractivity contribution in [1.82, 2.24) is 0 Å². The number of nitrogens with two attached hydrogens (primary N) is 1. The Morgan fingerprint density at radius 1 is 1.19 bits per heavy atom. The van der Waals surface area contributed by atoms with E-state index in [1.165, 1.54) is 16.0 Å². The van der Waals surface area contributed by atoms with Crippen LogP contribution in [0.5, 0.6) is 5.75 Å². The average Bonchev–Trinajstić information content (AvgIpc) is 2.52. The highest BCUT2D eigenvalue weighted by Gasteiger charge is 2.27. The van der Waals surface area contributed by atoms with Gasteiger partial charge in [-0.2, -0.15) is 0 Å². The fourth-order valence-corrected chi connectivity index (χ4v) is 4.17. The number of methoxy groups -OCH3 is 1. The molecule has 0 fully saturated rings. The van der Waals surface area contributed by atoms with E-state index < -0.39 is 0 Å². The molecular weight excluding hydrogens is 346 g/mol. The number of rotatable bonds is 3. The van der Waals surface area contributed by atoms with Crippen LogP contribution >= 0.6 is 27.7 Å². The van der Waals surface area contributed by atoms with Gasteiger partial charge in [-0.3, -0.25) is 0 Å². The van der Waals surface area contributed by atoms with Gasteiger partial charge < -0.3 is 10.5 Å². The molecule has 0 bridgehead atoms. The molecular formula is C17H18BrNOS. The number of aryl methyl sites for hydroxylation is 1. The molecule has 0 amide bonds. The number of hydrogen-bond donors (Lipinski definition) is 1. The van der Waals surface area contributed by atoms with Crippen LogP contribution in [0.4, 0.5) is 0 Å². The molecule has 2 nitrogen and oxygen atoms in total. The van der Waals surface area contributed by atoms with E-state index in [0.717, 1.165) is 23.1 Å². The van der Waals surface area contributed by atoms with Crippen molar-refractivity contribution in [2.75, 3.05) is 7.11 Å². The van der Waals surface area contributed by atoms with Gasteiger partial charge in [-0.05, 0) is 60.4 Å². The maximum Gasteiger partial charge on any atom is 0.119 e. The van der Waals surface area contributed by atoms with E-state index in [9.17, 15) is 0 Å². The van der Waals surface area contributed by atoms with Gasteiger partial charge in [-0.25, -0.2) is 0 Å². The maximum atomic E-state index is 6.51. The minimum absolute atomic E-state index is 0.0532. The predicted octanol–water partition coefficient (Wildman–Crippen LogP) is 4.56. The number of benzene rings is 2. The van der Waals surface area contributed by atoms with Crippen molar-refractivity contribution in [3.63, 3.8) is 0 Å². The summed E-state index contributed by atoms with van der Waals surface area (Å²) >= 11 is 5.34. The molecule has 2 aromatic rings. The van der Waals surface area contributed by atoms with Gasteiger partial charge in [0.15, 0.2) is 0 Å². The van der Waals surface area contributed by atoms with E-state index in [-0.39, 0.29) is 6.04 Å². The van der Waals surface area contributed by atoms with Crippen LogP contribution in [0.15, 0.2) is 51.8 Å². The molecule has 0 heterocycles. The third-order valence-electron chi connectivity index (χ3n) is 3.91. The van der Waals surface area contributed by atoms with Crippen LogP contribution in [0.2, 0.25) is 0 Å². The monoisotopic (exact) mass is 363 g/mol. The molecule has 3 rings (SSSR count). The highest BCUT2D eigenvalue weighted by molar-refractivity contribution is 9.10. The molecule has 21 heavy (non-hydrogen) atoms. The minimum atomic E-state index is 0.0532. The molecule has 4 heteroatoms. The SMILES string of the molecule is COc1ccc2c(c1)C(N)C(Sc1ccc(Br)cc1)CC2. The molecule has 110 valence electrons. The summed E-state index contributed by atoms with van der Waals surface area (Å²) in [5.74, 6) is 0.887. The van der Waals surface area contributed by atoms with Crippen molar-refractivity contribution in [3.05, 3.63) is 58.1 Å². The van der Waals surface area contributed by atoms with Crippen molar-refractivity contribution in [2.24, 2.45) is 5.73 Å². The van der Waals surface area contributed by atoms with Gasteiger partial charge in [0.1, 0.15) is 5.75 Å². The normalized spacial score (nSPS) is 20.9. The van der Waals surface area contributed by atoms with Gasteiger partial charge in [0, 0.05) is 20.7 Å². The van der Waals surface area contributed by atoms with E-state index in [1.54, 1.807) is 7.11 Å². The first-order valence-electron chi connectivity index (χ1n) is 7.02. The Morgan fingerprint density at radius 2 is 1.95 bits per heavy atom. The van der Waals surface area contributed by atoms with E-state index in [1.807, 2.05) is 17.8 Å². The second kappa shape index (κ2) is 6.42. The molecule has 2 aromatic carbocycles. The molecule has 2 atom stereocenters. The topological polar surface area (TPSA) is 35.2 Å². The van der Waals surface area contributed by atoms with Crippen molar-refractivity contribution >= 4 is 27.7 Å². The number of halogens is 1. The largest absolute Gasteiger partial charge is 0.497 e. The van der Waals surface area contributed by atoms with E-state index in [4.69, 9.17) is 10.5 Å². The highest BCUT2D eigenvalue weighted by atomic mass is 79.9. The lowest BCUT2D eigenvalue weighted by Crippen LogP contribution is -2.29. The number of fused-ring (bicyclic) bond motifs is 1. The minimum Gasteiger partial charge on any atom is -0.497 e. The Hall–Kier alpha value is -0.970. The zero-order valence-electron chi connectivity index (χ0n) is 11.9. The molecule has 1 aliphatic carbocycles. The van der Waals surface area contributed by atoms with Crippen LogP contribution in [0.25, 0.3) is 0 Å². The summed E-state index contributed by atoms with van der Waals surface area (Å²) in [7, 11) is 1.70. The molecule has 0 aliphatic heterocycles. The number of ether oxygens (including phenoxy) is 1. The van der Waals surface area contributed by atoms with Gasteiger partial charge in [0.05, 0.1) is 7.11 Å². The van der Waals surface area contributed by atoms with Crippen LogP contribution in [0.1, 0.15) is 23.6 Å². The predicted molar refractivity (Wildman–Crippen MR) is 92.0 cm³/mol. The molecule has 0 saturated heterocycles. The Bertz CT molecular complexity index is 629. The summed E-state index contributed by atoms with van der Waals surface area (Å²) in [5, 5.41) is 0.408. The maximum absolute atomic E-state index is 6.51. The average molecular weight is 364 g/mol. The first-order chi connectivity index (χ1) is 10.2. The Labute approximate surface area is 138 Å². The zero-order valence-corrected chi connectivity index (χ0v) is 14.3. The first-order valence-corrected chi connectivity index (χ1v) is 8.69. The van der Waals surface area contributed by atoms with Gasteiger partial charge >= 0.3 is 0 Å². The van der Waals surface area contributed by atoms with Gasteiger partial charge in [-0.1, -0.05) is 22.0 Å². The fraction of sp³-hybridized carbons (Fsp3) is 0.294. The lowest BCUT2D eigenvalue weighted by molar-refractivity contribution is 0.412. The molecule has 0 aromatic heterocycles. The Kier molecular flexibility index (Phi) is 4.57. The summed E-state index contributed by atoms with van der Waals surface area (Å²) < 4.78 is 6.43.